The number of hydrogen-bond donors (Lipinski definition) is 2. The Balaban J connectivity index is 1.65. The second kappa shape index (κ2) is 6.66. The van der Waals surface area contributed by atoms with Crippen LogP contribution in [0.3, 0.4) is 0 Å². The first-order valence-electron chi connectivity index (χ1n) is 7.32. The molecule has 1 fully saturated rings. The lowest BCUT2D eigenvalue weighted by Crippen LogP contribution is -2.32. The lowest BCUT2D eigenvalue weighted by Gasteiger charge is -2.23. The minimum atomic E-state index is 0.0427. The van der Waals surface area contributed by atoms with Gasteiger partial charge in [-0.2, -0.15) is 0 Å². The predicted molar refractivity (Wildman–Crippen MR) is 84.0 cm³/mol. The molecule has 1 atom stereocenters. The number of amides is 1. The molecule has 1 saturated heterocycles. The normalized spacial score (nSPS) is 20.9. The molecule has 1 aromatic carbocycles. The van der Waals surface area contributed by atoms with Crippen LogP contribution in [0.1, 0.15) is 19.3 Å². The zero-order valence-corrected chi connectivity index (χ0v) is 13.4. The van der Waals surface area contributed by atoms with Crippen LogP contribution in [0.2, 0.25) is 0 Å². The van der Waals surface area contributed by atoms with E-state index in [-0.39, 0.29) is 5.91 Å². The quantitative estimate of drug-likeness (QED) is 0.875. The highest BCUT2D eigenvalue weighted by Crippen LogP contribution is 2.38. The second-order valence-corrected chi connectivity index (χ2v) is 6.29. The molecule has 1 unspecified atom stereocenters. The summed E-state index contributed by atoms with van der Waals surface area (Å²) in [4.78, 5) is 12.2. The van der Waals surface area contributed by atoms with Gasteiger partial charge < -0.3 is 20.1 Å². The number of piperidine rings is 1. The molecule has 21 heavy (non-hydrogen) atoms. The molecule has 2 aliphatic heterocycles. The Kier molecular flexibility index (Phi) is 4.65. The molecule has 2 N–H and O–H groups in total. The summed E-state index contributed by atoms with van der Waals surface area (Å²) >= 11 is 3.47. The van der Waals surface area contributed by atoms with Gasteiger partial charge in [0, 0.05) is 23.0 Å². The molecule has 2 aliphatic rings. The highest BCUT2D eigenvalue weighted by Gasteiger charge is 2.19. The van der Waals surface area contributed by atoms with Crippen molar-refractivity contribution in [2.24, 2.45) is 5.92 Å². The van der Waals surface area contributed by atoms with E-state index < -0.39 is 0 Å². The number of nitrogens with one attached hydrogen (secondary N) is 2. The van der Waals surface area contributed by atoms with Crippen molar-refractivity contribution in [1.29, 1.82) is 0 Å². The minimum Gasteiger partial charge on any atom is -0.486 e. The Morgan fingerprint density at radius 2 is 2.10 bits per heavy atom. The molecule has 0 saturated carbocycles. The number of carbonyl (C=O) groups is 1. The number of fused-ring (bicyclic) bond motifs is 1. The Morgan fingerprint density at radius 1 is 1.33 bits per heavy atom. The monoisotopic (exact) mass is 354 g/mol. The Hall–Kier alpha value is -1.27. The molecule has 0 bridgehead atoms. The zero-order valence-electron chi connectivity index (χ0n) is 11.8. The highest BCUT2D eigenvalue weighted by molar-refractivity contribution is 9.10. The van der Waals surface area contributed by atoms with Crippen LogP contribution >= 0.6 is 15.9 Å². The molecule has 0 radical (unpaired) electrons. The van der Waals surface area contributed by atoms with Crippen LogP contribution in [0.15, 0.2) is 16.6 Å². The van der Waals surface area contributed by atoms with Gasteiger partial charge in [-0.1, -0.05) is 0 Å². The molecular formula is C15H19BrN2O3. The number of halogens is 1. The average Bonchev–Trinajstić information content (AvgIpc) is 2.49. The van der Waals surface area contributed by atoms with Gasteiger partial charge in [-0.3, -0.25) is 4.79 Å². The van der Waals surface area contributed by atoms with Crippen LogP contribution < -0.4 is 20.1 Å². The highest BCUT2D eigenvalue weighted by atomic mass is 79.9. The van der Waals surface area contributed by atoms with Crippen molar-refractivity contribution in [3.63, 3.8) is 0 Å². The van der Waals surface area contributed by atoms with Crippen LogP contribution in [0.25, 0.3) is 0 Å². The fourth-order valence-corrected chi connectivity index (χ4v) is 3.14. The van der Waals surface area contributed by atoms with E-state index in [0.29, 0.717) is 37.1 Å². The standard InChI is InChI=1S/C15H19BrN2O3/c16-11-7-13-14(21-5-4-20-13)8-12(11)18-15(19)6-10-2-1-3-17-9-10/h7-8,10,17H,1-6,9H2,(H,18,19). The van der Waals surface area contributed by atoms with E-state index in [1.54, 1.807) is 0 Å². The average molecular weight is 355 g/mol. The van der Waals surface area contributed by atoms with Crippen molar-refractivity contribution in [3.05, 3.63) is 16.6 Å². The molecule has 3 rings (SSSR count). The molecule has 6 heteroatoms. The smallest absolute Gasteiger partial charge is 0.224 e. The van der Waals surface area contributed by atoms with E-state index in [1.165, 1.54) is 0 Å². The first-order valence-corrected chi connectivity index (χ1v) is 8.11. The van der Waals surface area contributed by atoms with E-state index in [2.05, 4.69) is 26.6 Å². The van der Waals surface area contributed by atoms with Gasteiger partial charge in [-0.05, 0) is 47.8 Å². The van der Waals surface area contributed by atoms with E-state index in [0.717, 1.165) is 36.1 Å². The number of rotatable bonds is 3. The Bertz CT molecular complexity index is 530. The maximum absolute atomic E-state index is 12.2. The summed E-state index contributed by atoms with van der Waals surface area (Å²) in [6.07, 6.45) is 2.81. The van der Waals surface area contributed by atoms with Gasteiger partial charge >= 0.3 is 0 Å². The van der Waals surface area contributed by atoms with Crippen molar-refractivity contribution in [2.75, 3.05) is 31.6 Å². The van der Waals surface area contributed by atoms with Gasteiger partial charge in [-0.15, -0.1) is 0 Å². The minimum absolute atomic E-state index is 0.0427. The summed E-state index contributed by atoms with van der Waals surface area (Å²) in [5, 5.41) is 6.29. The van der Waals surface area contributed by atoms with Crippen LogP contribution in [0.4, 0.5) is 5.69 Å². The van der Waals surface area contributed by atoms with E-state index >= 15 is 0 Å². The van der Waals surface area contributed by atoms with Crippen molar-refractivity contribution in [2.45, 2.75) is 19.3 Å². The summed E-state index contributed by atoms with van der Waals surface area (Å²) in [7, 11) is 0. The molecule has 2 heterocycles. The second-order valence-electron chi connectivity index (χ2n) is 5.44. The third-order valence-corrected chi connectivity index (χ3v) is 4.44. The van der Waals surface area contributed by atoms with Crippen molar-refractivity contribution < 1.29 is 14.3 Å². The number of hydrogen-bond acceptors (Lipinski definition) is 4. The molecular weight excluding hydrogens is 336 g/mol. The number of benzene rings is 1. The molecule has 114 valence electrons. The largest absolute Gasteiger partial charge is 0.486 e. The molecule has 0 aliphatic carbocycles. The number of carbonyl (C=O) groups excluding carboxylic acids is 1. The van der Waals surface area contributed by atoms with Gasteiger partial charge in [0.2, 0.25) is 5.91 Å². The SMILES string of the molecule is O=C(CC1CCCNC1)Nc1cc2c(cc1Br)OCCO2. The molecule has 1 amide bonds. The first-order chi connectivity index (χ1) is 10.2. The van der Waals surface area contributed by atoms with Crippen LogP contribution in [-0.2, 0) is 4.79 Å². The summed E-state index contributed by atoms with van der Waals surface area (Å²) in [6.45, 7) is 3.08. The van der Waals surface area contributed by atoms with E-state index in [4.69, 9.17) is 9.47 Å². The summed E-state index contributed by atoms with van der Waals surface area (Å²) < 4.78 is 11.9. The van der Waals surface area contributed by atoms with Crippen LogP contribution in [0, 0.1) is 5.92 Å². The maximum atomic E-state index is 12.2. The zero-order chi connectivity index (χ0) is 14.7. The summed E-state index contributed by atoms with van der Waals surface area (Å²) in [6, 6.07) is 3.65. The van der Waals surface area contributed by atoms with Crippen molar-refractivity contribution >= 4 is 27.5 Å². The number of anilines is 1. The Morgan fingerprint density at radius 3 is 2.81 bits per heavy atom. The van der Waals surface area contributed by atoms with Crippen LogP contribution in [0.5, 0.6) is 11.5 Å². The van der Waals surface area contributed by atoms with Gasteiger partial charge in [0.05, 0.1) is 5.69 Å². The molecule has 1 aromatic rings. The summed E-state index contributed by atoms with van der Waals surface area (Å²) in [5.74, 6) is 1.86. The molecule has 0 aromatic heterocycles. The maximum Gasteiger partial charge on any atom is 0.224 e. The third-order valence-electron chi connectivity index (χ3n) is 3.78. The van der Waals surface area contributed by atoms with Gasteiger partial charge in [0.25, 0.3) is 0 Å². The predicted octanol–water partition coefficient (Wildman–Crippen LogP) is 2.55. The fraction of sp³-hybridized carbons (Fsp3) is 0.533. The number of ether oxygens (including phenoxy) is 2. The first kappa shape index (κ1) is 14.7. The summed E-state index contributed by atoms with van der Waals surface area (Å²) in [5.41, 5.74) is 0.730. The van der Waals surface area contributed by atoms with Gasteiger partial charge in [-0.25, -0.2) is 0 Å². The Labute approximate surface area is 132 Å². The van der Waals surface area contributed by atoms with E-state index in [9.17, 15) is 4.79 Å². The van der Waals surface area contributed by atoms with Crippen molar-refractivity contribution in [3.8, 4) is 11.5 Å². The van der Waals surface area contributed by atoms with Gasteiger partial charge in [0.15, 0.2) is 11.5 Å². The van der Waals surface area contributed by atoms with Crippen LogP contribution in [-0.4, -0.2) is 32.2 Å². The van der Waals surface area contributed by atoms with E-state index in [1.807, 2.05) is 12.1 Å². The molecule has 0 spiro atoms. The topological polar surface area (TPSA) is 59.6 Å². The third kappa shape index (κ3) is 3.68. The molecule has 5 nitrogen and oxygen atoms in total. The van der Waals surface area contributed by atoms with Crippen molar-refractivity contribution in [1.82, 2.24) is 5.32 Å². The lowest BCUT2D eigenvalue weighted by molar-refractivity contribution is -0.117. The fourth-order valence-electron chi connectivity index (χ4n) is 2.72. The lowest BCUT2D eigenvalue weighted by atomic mass is 9.96. The van der Waals surface area contributed by atoms with Gasteiger partial charge in [0.1, 0.15) is 13.2 Å².